The highest BCUT2D eigenvalue weighted by atomic mass is 16.4. The Morgan fingerprint density at radius 2 is 1.86 bits per heavy atom. The minimum atomic E-state index is -1.51. The molecule has 6 heteroatoms. The van der Waals surface area contributed by atoms with E-state index in [1.165, 1.54) is 19.1 Å². The number of carboxylic acids is 1. The van der Waals surface area contributed by atoms with Crippen molar-refractivity contribution in [2.75, 3.05) is 11.5 Å². The van der Waals surface area contributed by atoms with Crippen LogP contribution in [0.4, 0.5) is 11.6 Å². The van der Waals surface area contributed by atoms with Gasteiger partial charge in [-0.05, 0) is 24.6 Å². The van der Waals surface area contributed by atoms with Crippen molar-refractivity contribution in [2.45, 2.75) is 12.5 Å². The number of carbonyl (C=O) groups is 1. The first-order chi connectivity index (χ1) is 6.34. The van der Waals surface area contributed by atoms with E-state index >= 15 is 0 Å². The van der Waals surface area contributed by atoms with E-state index in [0.717, 1.165) is 0 Å². The molecule has 1 aromatic heterocycles. The Morgan fingerprint density at radius 1 is 1.43 bits per heavy atom. The molecule has 76 valence electrons. The Hall–Kier alpha value is -1.82. The molecule has 0 saturated carbocycles. The van der Waals surface area contributed by atoms with E-state index in [1.807, 2.05) is 0 Å². The first-order valence-electron chi connectivity index (χ1n) is 3.90. The lowest BCUT2D eigenvalue weighted by Crippen LogP contribution is -2.41. The number of nitrogen functional groups attached to an aromatic ring is 2. The van der Waals surface area contributed by atoms with Crippen molar-refractivity contribution < 1.29 is 9.90 Å². The number of aliphatic carboxylic acids is 1. The standard InChI is InChI=1S/C8H12N4O2/c1-8(11,7(13)14)4-2-5(9)12-6(10)3-4/h2-3H,11H2,1H3,(H,13,14)(H4,9,10,12)/t8-/m0/s1. The maximum atomic E-state index is 10.8. The van der Waals surface area contributed by atoms with Crippen molar-refractivity contribution in [1.82, 2.24) is 4.98 Å². The first-order valence-corrected chi connectivity index (χ1v) is 3.90. The fourth-order valence-electron chi connectivity index (χ4n) is 0.997. The van der Waals surface area contributed by atoms with Crippen LogP contribution in [0.5, 0.6) is 0 Å². The van der Waals surface area contributed by atoms with Gasteiger partial charge in [-0.1, -0.05) is 0 Å². The molecule has 0 unspecified atom stereocenters. The normalized spacial score (nSPS) is 14.7. The maximum absolute atomic E-state index is 10.8. The zero-order chi connectivity index (χ0) is 10.9. The van der Waals surface area contributed by atoms with Crippen LogP contribution in [0.15, 0.2) is 12.1 Å². The minimum Gasteiger partial charge on any atom is -0.480 e. The third-order valence-corrected chi connectivity index (χ3v) is 1.91. The summed E-state index contributed by atoms with van der Waals surface area (Å²) in [6.45, 7) is 1.36. The lowest BCUT2D eigenvalue weighted by atomic mass is 9.94. The zero-order valence-electron chi connectivity index (χ0n) is 7.69. The Morgan fingerprint density at radius 3 is 2.21 bits per heavy atom. The van der Waals surface area contributed by atoms with E-state index in [4.69, 9.17) is 22.3 Å². The van der Waals surface area contributed by atoms with Crippen molar-refractivity contribution >= 4 is 17.6 Å². The van der Waals surface area contributed by atoms with Crippen LogP contribution in [0.25, 0.3) is 0 Å². The fraction of sp³-hybridized carbons (Fsp3) is 0.250. The minimum absolute atomic E-state index is 0.151. The SMILES string of the molecule is C[C@@](N)(C(=O)O)c1cc(N)nc(N)c1. The molecule has 0 amide bonds. The zero-order valence-corrected chi connectivity index (χ0v) is 7.69. The van der Waals surface area contributed by atoms with Gasteiger partial charge in [0.1, 0.15) is 17.2 Å². The van der Waals surface area contributed by atoms with Gasteiger partial charge in [-0.15, -0.1) is 0 Å². The Bertz CT molecular complexity index is 355. The average Bonchev–Trinajstić information content (AvgIpc) is 2.01. The summed E-state index contributed by atoms with van der Waals surface area (Å²) in [5.41, 5.74) is 15.2. The van der Waals surface area contributed by atoms with Gasteiger partial charge >= 0.3 is 5.97 Å². The number of anilines is 2. The third kappa shape index (κ3) is 1.74. The van der Waals surface area contributed by atoms with Gasteiger partial charge in [0, 0.05) is 0 Å². The molecule has 0 radical (unpaired) electrons. The van der Waals surface area contributed by atoms with Crippen LogP contribution in [0.1, 0.15) is 12.5 Å². The summed E-state index contributed by atoms with van der Waals surface area (Å²) in [7, 11) is 0. The maximum Gasteiger partial charge on any atom is 0.328 e. The summed E-state index contributed by atoms with van der Waals surface area (Å²) in [6.07, 6.45) is 0. The summed E-state index contributed by atoms with van der Waals surface area (Å²) in [4.78, 5) is 14.5. The van der Waals surface area contributed by atoms with Crippen LogP contribution in [-0.2, 0) is 10.3 Å². The van der Waals surface area contributed by atoms with E-state index in [0.29, 0.717) is 5.56 Å². The Balaban J connectivity index is 3.25. The Kier molecular flexibility index (Phi) is 2.31. The predicted molar refractivity (Wildman–Crippen MR) is 52.2 cm³/mol. The lowest BCUT2D eigenvalue weighted by Gasteiger charge is -2.19. The van der Waals surface area contributed by atoms with Gasteiger partial charge in [-0.3, -0.25) is 0 Å². The van der Waals surface area contributed by atoms with Gasteiger partial charge in [0.25, 0.3) is 0 Å². The first kappa shape index (κ1) is 10.3. The van der Waals surface area contributed by atoms with Crippen molar-refractivity contribution in [2.24, 2.45) is 5.73 Å². The monoisotopic (exact) mass is 196 g/mol. The van der Waals surface area contributed by atoms with E-state index in [2.05, 4.69) is 4.98 Å². The van der Waals surface area contributed by atoms with E-state index in [9.17, 15) is 4.79 Å². The largest absolute Gasteiger partial charge is 0.480 e. The topological polar surface area (TPSA) is 128 Å². The van der Waals surface area contributed by atoms with Crippen LogP contribution in [-0.4, -0.2) is 16.1 Å². The van der Waals surface area contributed by atoms with Crippen molar-refractivity contribution in [3.63, 3.8) is 0 Å². The summed E-state index contributed by atoms with van der Waals surface area (Å²) >= 11 is 0. The highest BCUT2D eigenvalue weighted by molar-refractivity contribution is 5.80. The summed E-state index contributed by atoms with van der Waals surface area (Å²) in [5, 5.41) is 8.85. The third-order valence-electron chi connectivity index (χ3n) is 1.91. The molecule has 0 bridgehead atoms. The summed E-state index contributed by atoms with van der Waals surface area (Å²) in [5.74, 6) is -0.849. The summed E-state index contributed by atoms with van der Waals surface area (Å²) in [6, 6.07) is 2.79. The average molecular weight is 196 g/mol. The number of pyridine rings is 1. The molecule has 1 rings (SSSR count). The molecule has 1 aromatic rings. The van der Waals surface area contributed by atoms with Gasteiger partial charge < -0.3 is 22.3 Å². The highest BCUT2D eigenvalue weighted by Gasteiger charge is 2.30. The Labute approximate surface area is 80.7 Å². The smallest absolute Gasteiger partial charge is 0.328 e. The number of carboxylic acid groups (broad SMARTS) is 1. The van der Waals surface area contributed by atoms with E-state index in [-0.39, 0.29) is 11.6 Å². The molecule has 6 nitrogen and oxygen atoms in total. The molecule has 0 aromatic carbocycles. The lowest BCUT2D eigenvalue weighted by molar-refractivity contribution is -0.143. The van der Waals surface area contributed by atoms with Crippen molar-refractivity contribution in [1.29, 1.82) is 0 Å². The quantitative estimate of drug-likeness (QED) is 0.505. The van der Waals surface area contributed by atoms with Crippen LogP contribution in [0.2, 0.25) is 0 Å². The highest BCUT2D eigenvalue weighted by Crippen LogP contribution is 2.21. The predicted octanol–water partition coefficient (Wildman–Crippen LogP) is -0.495. The molecule has 0 fully saturated rings. The van der Waals surface area contributed by atoms with Gasteiger partial charge in [0.05, 0.1) is 0 Å². The number of aromatic nitrogens is 1. The number of hydrogen-bond donors (Lipinski definition) is 4. The second-order valence-corrected chi connectivity index (χ2v) is 3.21. The number of hydrogen-bond acceptors (Lipinski definition) is 5. The van der Waals surface area contributed by atoms with Crippen molar-refractivity contribution in [3.8, 4) is 0 Å². The van der Waals surface area contributed by atoms with Gasteiger partial charge in [-0.25, -0.2) is 9.78 Å². The molecule has 0 aliphatic heterocycles. The molecule has 0 aliphatic carbocycles. The van der Waals surface area contributed by atoms with E-state index in [1.54, 1.807) is 0 Å². The van der Waals surface area contributed by atoms with Crippen LogP contribution < -0.4 is 17.2 Å². The second kappa shape index (κ2) is 3.15. The molecule has 0 spiro atoms. The molecular weight excluding hydrogens is 184 g/mol. The van der Waals surface area contributed by atoms with Crippen LogP contribution >= 0.6 is 0 Å². The second-order valence-electron chi connectivity index (χ2n) is 3.21. The fourth-order valence-corrected chi connectivity index (χ4v) is 0.997. The van der Waals surface area contributed by atoms with Crippen molar-refractivity contribution in [3.05, 3.63) is 17.7 Å². The van der Waals surface area contributed by atoms with Gasteiger partial charge in [0.15, 0.2) is 0 Å². The van der Waals surface area contributed by atoms with Gasteiger partial charge in [0.2, 0.25) is 0 Å². The van der Waals surface area contributed by atoms with Gasteiger partial charge in [-0.2, -0.15) is 0 Å². The molecule has 0 saturated heterocycles. The molecule has 0 aliphatic rings. The van der Waals surface area contributed by atoms with E-state index < -0.39 is 11.5 Å². The number of nitrogens with two attached hydrogens (primary N) is 3. The van der Waals surface area contributed by atoms with Crippen LogP contribution in [0.3, 0.4) is 0 Å². The molecule has 7 N–H and O–H groups in total. The summed E-state index contributed by atoms with van der Waals surface area (Å²) < 4.78 is 0. The molecular formula is C8H12N4O2. The molecule has 1 heterocycles. The number of rotatable bonds is 2. The number of nitrogens with zero attached hydrogens (tertiary/aromatic N) is 1. The van der Waals surface area contributed by atoms with Crippen LogP contribution in [0, 0.1) is 0 Å². The molecule has 14 heavy (non-hydrogen) atoms. The molecule has 1 atom stereocenters.